The summed E-state index contributed by atoms with van der Waals surface area (Å²) in [5.41, 5.74) is -0.458. The van der Waals surface area contributed by atoms with Gasteiger partial charge < -0.3 is 10.4 Å². The molecule has 1 fully saturated rings. The normalized spacial score (nSPS) is 19.1. The molecule has 1 aliphatic rings. The van der Waals surface area contributed by atoms with E-state index in [1.165, 1.54) is 0 Å². The van der Waals surface area contributed by atoms with Crippen molar-refractivity contribution in [2.75, 3.05) is 0 Å². The van der Waals surface area contributed by atoms with Gasteiger partial charge in [-0.3, -0.25) is 9.59 Å². The van der Waals surface area contributed by atoms with Crippen LogP contribution in [0, 0.1) is 11.8 Å². The van der Waals surface area contributed by atoms with Crippen molar-refractivity contribution in [1.82, 2.24) is 5.32 Å². The molecule has 1 saturated carbocycles. The lowest BCUT2D eigenvalue weighted by Crippen LogP contribution is -2.54. The Kier molecular flexibility index (Phi) is 5.17. The Morgan fingerprint density at radius 2 is 1.89 bits per heavy atom. The van der Waals surface area contributed by atoms with Gasteiger partial charge in [0.2, 0.25) is 5.91 Å². The molecule has 0 aromatic rings. The molecule has 0 aliphatic heterocycles. The maximum atomic E-state index is 11.9. The summed E-state index contributed by atoms with van der Waals surface area (Å²) >= 11 is 0. The lowest BCUT2D eigenvalue weighted by atomic mass is 9.74. The number of nitrogens with one attached hydrogen (secondary N) is 1. The maximum Gasteiger partial charge on any atom is 0.305 e. The van der Waals surface area contributed by atoms with Crippen LogP contribution < -0.4 is 5.32 Å². The second-order valence-electron chi connectivity index (χ2n) is 6.19. The van der Waals surface area contributed by atoms with Gasteiger partial charge in [-0.05, 0) is 37.5 Å². The smallest absolute Gasteiger partial charge is 0.305 e. The van der Waals surface area contributed by atoms with E-state index in [9.17, 15) is 9.59 Å². The summed E-state index contributed by atoms with van der Waals surface area (Å²) in [4.78, 5) is 22.7. The minimum absolute atomic E-state index is 0.00380. The Morgan fingerprint density at radius 1 is 1.28 bits per heavy atom. The van der Waals surface area contributed by atoms with Gasteiger partial charge in [0.15, 0.2) is 0 Å². The zero-order chi connectivity index (χ0) is 13.8. The van der Waals surface area contributed by atoms with Gasteiger partial charge in [-0.25, -0.2) is 0 Å². The number of carbonyl (C=O) groups excluding carboxylic acids is 1. The zero-order valence-corrected chi connectivity index (χ0v) is 11.7. The average molecular weight is 255 g/mol. The lowest BCUT2D eigenvalue weighted by molar-refractivity contribution is -0.140. The quantitative estimate of drug-likeness (QED) is 0.734. The van der Waals surface area contributed by atoms with Crippen LogP contribution in [0.4, 0.5) is 0 Å². The Balaban J connectivity index is 2.40. The van der Waals surface area contributed by atoms with Crippen LogP contribution in [0.5, 0.6) is 0 Å². The van der Waals surface area contributed by atoms with Crippen LogP contribution in [-0.2, 0) is 9.59 Å². The van der Waals surface area contributed by atoms with E-state index in [0.717, 1.165) is 25.7 Å². The molecule has 4 nitrogen and oxygen atoms in total. The summed E-state index contributed by atoms with van der Waals surface area (Å²) < 4.78 is 0. The molecule has 0 radical (unpaired) electrons. The number of carbonyl (C=O) groups is 2. The van der Waals surface area contributed by atoms with Gasteiger partial charge >= 0.3 is 5.97 Å². The number of aliphatic carboxylic acids is 1. The van der Waals surface area contributed by atoms with Crippen molar-refractivity contribution in [2.24, 2.45) is 11.8 Å². The molecule has 0 aromatic heterocycles. The van der Waals surface area contributed by atoms with Crippen LogP contribution in [-0.4, -0.2) is 22.5 Å². The highest BCUT2D eigenvalue weighted by molar-refractivity contribution is 5.78. The van der Waals surface area contributed by atoms with E-state index in [1.54, 1.807) is 0 Å². The van der Waals surface area contributed by atoms with Gasteiger partial charge in [-0.2, -0.15) is 0 Å². The predicted octanol–water partition coefficient (Wildman–Crippen LogP) is 2.57. The largest absolute Gasteiger partial charge is 0.481 e. The van der Waals surface area contributed by atoms with E-state index in [1.807, 2.05) is 0 Å². The Hall–Kier alpha value is -1.06. The first-order valence-electron chi connectivity index (χ1n) is 6.86. The third kappa shape index (κ3) is 4.67. The molecule has 0 saturated heterocycles. The van der Waals surface area contributed by atoms with Crippen LogP contribution >= 0.6 is 0 Å². The third-order valence-corrected chi connectivity index (χ3v) is 3.61. The van der Waals surface area contributed by atoms with Crippen molar-refractivity contribution in [2.45, 2.75) is 64.8 Å². The van der Waals surface area contributed by atoms with Crippen molar-refractivity contribution in [3.63, 3.8) is 0 Å². The topological polar surface area (TPSA) is 66.4 Å². The molecule has 1 aliphatic carbocycles. The Morgan fingerprint density at radius 3 is 2.28 bits per heavy atom. The highest BCUT2D eigenvalue weighted by Crippen LogP contribution is 2.35. The molecule has 1 rings (SSSR count). The fourth-order valence-electron chi connectivity index (χ4n) is 2.79. The molecule has 0 bridgehead atoms. The molecule has 104 valence electrons. The van der Waals surface area contributed by atoms with Gasteiger partial charge in [0.1, 0.15) is 0 Å². The molecule has 4 heteroatoms. The van der Waals surface area contributed by atoms with E-state index in [-0.39, 0.29) is 12.3 Å². The van der Waals surface area contributed by atoms with Crippen LogP contribution in [0.15, 0.2) is 0 Å². The Bertz CT molecular complexity index is 308. The Labute approximate surface area is 109 Å². The molecule has 0 spiro atoms. The number of hydrogen-bond donors (Lipinski definition) is 2. The van der Waals surface area contributed by atoms with Crippen molar-refractivity contribution in [1.29, 1.82) is 0 Å². The molecule has 0 aromatic carbocycles. The third-order valence-electron chi connectivity index (χ3n) is 3.61. The highest BCUT2D eigenvalue weighted by Gasteiger charge is 2.40. The lowest BCUT2D eigenvalue weighted by Gasteiger charge is -2.41. The number of rotatable bonds is 7. The van der Waals surface area contributed by atoms with Gasteiger partial charge in [0.05, 0.1) is 12.0 Å². The molecular weight excluding hydrogens is 230 g/mol. The molecule has 18 heavy (non-hydrogen) atoms. The molecule has 1 amide bonds. The van der Waals surface area contributed by atoms with Crippen LogP contribution in [0.3, 0.4) is 0 Å². The molecule has 1 unspecified atom stereocenters. The van der Waals surface area contributed by atoms with Crippen LogP contribution in [0.2, 0.25) is 0 Å². The van der Waals surface area contributed by atoms with Crippen LogP contribution in [0.25, 0.3) is 0 Å². The van der Waals surface area contributed by atoms with E-state index in [4.69, 9.17) is 5.11 Å². The van der Waals surface area contributed by atoms with Gasteiger partial charge in [0, 0.05) is 6.42 Å². The van der Waals surface area contributed by atoms with E-state index < -0.39 is 11.5 Å². The summed E-state index contributed by atoms with van der Waals surface area (Å²) in [5.74, 6) is 0.116. The van der Waals surface area contributed by atoms with Gasteiger partial charge in [-0.15, -0.1) is 0 Å². The standard InChI is InChI=1S/C14H25NO3/c1-10(2)7-11(3)8-12(16)15-14(5-4-6-14)9-13(17)18/h10-11H,4-9H2,1-3H3,(H,15,16)(H,17,18). The average Bonchev–Trinajstić information content (AvgIpc) is 2.11. The number of hydrogen-bond acceptors (Lipinski definition) is 2. The molecular formula is C14H25NO3. The summed E-state index contributed by atoms with van der Waals surface area (Å²) in [5, 5.41) is 11.8. The fourth-order valence-corrected chi connectivity index (χ4v) is 2.79. The zero-order valence-electron chi connectivity index (χ0n) is 11.7. The first-order valence-corrected chi connectivity index (χ1v) is 6.86. The minimum Gasteiger partial charge on any atom is -0.481 e. The number of carboxylic acids is 1. The van der Waals surface area contributed by atoms with Gasteiger partial charge in [-0.1, -0.05) is 20.8 Å². The first kappa shape index (κ1) is 15.0. The number of carboxylic acid groups (broad SMARTS) is 1. The molecule has 1 atom stereocenters. The van der Waals surface area contributed by atoms with Crippen molar-refractivity contribution < 1.29 is 14.7 Å². The maximum absolute atomic E-state index is 11.9. The second-order valence-corrected chi connectivity index (χ2v) is 6.19. The summed E-state index contributed by atoms with van der Waals surface area (Å²) in [7, 11) is 0. The minimum atomic E-state index is -0.828. The van der Waals surface area contributed by atoms with E-state index in [2.05, 4.69) is 26.1 Å². The summed E-state index contributed by atoms with van der Waals surface area (Å²) in [6.07, 6.45) is 4.18. The summed E-state index contributed by atoms with van der Waals surface area (Å²) in [6.45, 7) is 6.36. The highest BCUT2D eigenvalue weighted by atomic mass is 16.4. The second kappa shape index (κ2) is 6.21. The van der Waals surface area contributed by atoms with E-state index >= 15 is 0 Å². The molecule has 0 heterocycles. The van der Waals surface area contributed by atoms with Crippen molar-refractivity contribution in [3.8, 4) is 0 Å². The van der Waals surface area contributed by atoms with Crippen molar-refractivity contribution in [3.05, 3.63) is 0 Å². The van der Waals surface area contributed by atoms with E-state index in [0.29, 0.717) is 18.3 Å². The number of amides is 1. The van der Waals surface area contributed by atoms with Gasteiger partial charge in [0.25, 0.3) is 0 Å². The first-order chi connectivity index (χ1) is 8.33. The monoisotopic (exact) mass is 255 g/mol. The summed E-state index contributed by atoms with van der Waals surface area (Å²) in [6, 6.07) is 0. The van der Waals surface area contributed by atoms with Crippen LogP contribution in [0.1, 0.15) is 59.3 Å². The molecule has 2 N–H and O–H groups in total. The fraction of sp³-hybridized carbons (Fsp3) is 0.857. The SMILES string of the molecule is CC(C)CC(C)CC(=O)NC1(CC(=O)O)CCC1. The van der Waals surface area contributed by atoms with Crippen molar-refractivity contribution >= 4 is 11.9 Å². The predicted molar refractivity (Wildman–Crippen MR) is 70.2 cm³/mol.